The van der Waals surface area contributed by atoms with Crippen LogP contribution in [0.3, 0.4) is 0 Å². The van der Waals surface area contributed by atoms with Crippen molar-refractivity contribution in [2.24, 2.45) is 11.1 Å². The first-order valence-corrected chi connectivity index (χ1v) is 6.64. The van der Waals surface area contributed by atoms with Crippen molar-refractivity contribution < 1.29 is 9.53 Å². The Balaban J connectivity index is 2.14. The molecule has 1 aliphatic rings. The Labute approximate surface area is 115 Å². The highest BCUT2D eigenvalue weighted by atomic mass is 79.9. The Morgan fingerprint density at radius 2 is 2.33 bits per heavy atom. The highest BCUT2D eigenvalue weighted by molar-refractivity contribution is 9.10. The molecular weight excluding hydrogens is 296 g/mol. The normalized spacial score (nSPS) is 27.2. The standard InChI is InChI=1S/C13H17BrN2O2/c1-8-3-4-9(5-10(8)14)16-12(17)13(2)7-18-6-11(13)15/h3-5,11H,6-7,15H2,1-2H3,(H,16,17). The maximum Gasteiger partial charge on any atom is 0.234 e. The second-order valence-corrected chi connectivity index (χ2v) is 5.81. The number of anilines is 1. The van der Waals surface area contributed by atoms with Gasteiger partial charge < -0.3 is 15.8 Å². The number of aryl methyl sites for hydroxylation is 1. The predicted octanol–water partition coefficient (Wildman–Crippen LogP) is 2.06. The van der Waals surface area contributed by atoms with E-state index in [9.17, 15) is 4.79 Å². The molecule has 1 fully saturated rings. The molecule has 1 heterocycles. The predicted molar refractivity (Wildman–Crippen MR) is 74.4 cm³/mol. The highest BCUT2D eigenvalue weighted by Gasteiger charge is 2.44. The molecule has 1 amide bonds. The minimum absolute atomic E-state index is 0.0942. The number of ether oxygens (including phenoxy) is 1. The SMILES string of the molecule is Cc1ccc(NC(=O)C2(C)COCC2N)cc1Br. The summed E-state index contributed by atoms with van der Waals surface area (Å²) in [6, 6.07) is 5.46. The Morgan fingerprint density at radius 3 is 2.89 bits per heavy atom. The molecule has 18 heavy (non-hydrogen) atoms. The number of hydrogen-bond acceptors (Lipinski definition) is 3. The average molecular weight is 313 g/mol. The van der Waals surface area contributed by atoms with Crippen LogP contribution >= 0.6 is 15.9 Å². The number of nitrogens with one attached hydrogen (secondary N) is 1. The van der Waals surface area contributed by atoms with Gasteiger partial charge in [-0.3, -0.25) is 4.79 Å². The Hall–Kier alpha value is -0.910. The largest absolute Gasteiger partial charge is 0.379 e. The Kier molecular flexibility index (Phi) is 3.75. The molecule has 1 aliphatic heterocycles. The van der Waals surface area contributed by atoms with E-state index in [0.29, 0.717) is 13.2 Å². The number of halogens is 1. The summed E-state index contributed by atoms with van der Waals surface area (Å²) in [6.45, 7) is 4.63. The number of amides is 1. The van der Waals surface area contributed by atoms with Crippen molar-refractivity contribution in [1.29, 1.82) is 0 Å². The molecule has 2 rings (SSSR count). The lowest BCUT2D eigenvalue weighted by atomic mass is 9.85. The van der Waals surface area contributed by atoms with Crippen LogP contribution < -0.4 is 11.1 Å². The van der Waals surface area contributed by atoms with E-state index in [-0.39, 0.29) is 11.9 Å². The summed E-state index contributed by atoms with van der Waals surface area (Å²) in [5.74, 6) is -0.0942. The van der Waals surface area contributed by atoms with Gasteiger partial charge in [0, 0.05) is 16.2 Å². The van der Waals surface area contributed by atoms with Gasteiger partial charge in [-0.1, -0.05) is 22.0 Å². The van der Waals surface area contributed by atoms with Crippen molar-refractivity contribution in [3.05, 3.63) is 28.2 Å². The van der Waals surface area contributed by atoms with E-state index in [2.05, 4.69) is 21.2 Å². The average Bonchev–Trinajstić information content (AvgIpc) is 2.66. The third-order valence-electron chi connectivity index (χ3n) is 3.47. The van der Waals surface area contributed by atoms with E-state index < -0.39 is 5.41 Å². The zero-order valence-corrected chi connectivity index (χ0v) is 12.1. The van der Waals surface area contributed by atoms with Crippen LogP contribution in [0.25, 0.3) is 0 Å². The van der Waals surface area contributed by atoms with E-state index in [0.717, 1.165) is 15.7 Å². The fourth-order valence-electron chi connectivity index (χ4n) is 1.87. The molecular formula is C13H17BrN2O2. The van der Waals surface area contributed by atoms with Gasteiger partial charge in [-0.25, -0.2) is 0 Å². The summed E-state index contributed by atoms with van der Waals surface area (Å²) in [5, 5.41) is 2.89. The van der Waals surface area contributed by atoms with Crippen LogP contribution in [0, 0.1) is 12.3 Å². The molecule has 2 atom stereocenters. The van der Waals surface area contributed by atoms with Crippen molar-refractivity contribution in [1.82, 2.24) is 0 Å². The monoisotopic (exact) mass is 312 g/mol. The van der Waals surface area contributed by atoms with E-state index in [1.165, 1.54) is 0 Å². The van der Waals surface area contributed by atoms with E-state index >= 15 is 0 Å². The molecule has 98 valence electrons. The second-order valence-electron chi connectivity index (χ2n) is 4.96. The molecule has 1 aromatic rings. The zero-order chi connectivity index (χ0) is 13.3. The van der Waals surface area contributed by atoms with E-state index in [1.807, 2.05) is 32.0 Å². The van der Waals surface area contributed by atoms with Crippen LogP contribution in [0.1, 0.15) is 12.5 Å². The number of hydrogen-bond donors (Lipinski definition) is 2. The van der Waals surface area contributed by atoms with Crippen molar-refractivity contribution in [3.63, 3.8) is 0 Å². The second kappa shape index (κ2) is 4.99. The van der Waals surface area contributed by atoms with Gasteiger partial charge in [-0.2, -0.15) is 0 Å². The summed E-state index contributed by atoms with van der Waals surface area (Å²) < 4.78 is 6.25. The van der Waals surface area contributed by atoms with Crippen LogP contribution in [0.5, 0.6) is 0 Å². The third kappa shape index (κ3) is 2.43. The van der Waals surface area contributed by atoms with Gasteiger partial charge in [0.15, 0.2) is 0 Å². The smallest absolute Gasteiger partial charge is 0.234 e. The molecule has 4 nitrogen and oxygen atoms in total. The summed E-state index contributed by atoms with van der Waals surface area (Å²) in [7, 11) is 0. The molecule has 0 aromatic heterocycles. The van der Waals surface area contributed by atoms with E-state index in [1.54, 1.807) is 0 Å². The summed E-state index contributed by atoms with van der Waals surface area (Å²) in [4.78, 5) is 12.3. The number of carbonyl (C=O) groups is 1. The lowest BCUT2D eigenvalue weighted by molar-refractivity contribution is -0.125. The molecule has 0 spiro atoms. The fraction of sp³-hybridized carbons (Fsp3) is 0.462. The molecule has 0 bridgehead atoms. The minimum atomic E-state index is -0.655. The number of rotatable bonds is 2. The number of benzene rings is 1. The molecule has 1 saturated heterocycles. The molecule has 2 unspecified atom stereocenters. The minimum Gasteiger partial charge on any atom is -0.379 e. The molecule has 1 aromatic carbocycles. The lowest BCUT2D eigenvalue weighted by Crippen LogP contribution is -2.47. The van der Waals surface area contributed by atoms with Crippen LogP contribution in [0.2, 0.25) is 0 Å². The van der Waals surface area contributed by atoms with Crippen molar-refractivity contribution in [2.45, 2.75) is 19.9 Å². The zero-order valence-electron chi connectivity index (χ0n) is 10.5. The lowest BCUT2D eigenvalue weighted by Gasteiger charge is -2.25. The quantitative estimate of drug-likeness (QED) is 0.878. The molecule has 0 radical (unpaired) electrons. The van der Waals surface area contributed by atoms with Gasteiger partial charge in [0.2, 0.25) is 5.91 Å². The number of carbonyl (C=O) groups excluding carboxylic acids is 1. The summed E-state index contributed by atoms with van der Waals surface area (Å²) in [6.07, 6.45) is 0. The molecule has 5 heteroatoms. The van der Waals surface area contributed by atoms with Gasteiger partial charge in [0.25, 0.3) is 0 Å². The van der Waals surface area contributed by atoms with Crippen LogP contribution in [0.4, 0.5) is 5.69 Å². The first kappa shape index (κ1) is 13.5. The maximum atomic E-state index is 12.3. The Morgan fingerprint density at radius 1 is 1.61 bits per heavy atom. The van der Waals surface area contributed by atoms with Crippen molar-refractivity contribution in [2.75, 3.05) is 18.5 Å². The fourth-order valence-corrected chi connectivity index (χ4v) is 2.25. The molecule has 3 N–H and O–H groups in total. The van der Waals surface area contributed by atoms with Gasteiger partial charge in [-0.05, 0) is 31.5 Å². The van der Waals surface area contributed by atoms with Crippen molar-refractivity contribution in [3.8, 4) is 0 Å². The Bertz CT molecular complexity index is 478. The first-order valence-electron chi connectivity index (χ1n) is 5.84. The topological polar surface area (TPSA) is 64.3 Å². The molecule has 0 saturated carbocycles. The third-order valence-corrected chi connectivity index (χ3v) is 4.32. The van der Waals surface area contributed by atoms with Gasteiger partial charge in [-0.15, -0.1) is 0 Å². The van der Waals surface area contributed by atoms with E-state index in [4.69, 9.17) is 10.5 Å². The first-order chi connectivity index (χ1) is 8.43. The van der Waals surface area contributed by atoms with Crippen LogP contribution in [-0.2, 0) is 9.53 Å². The van der Waals surface area contributed by atoms with Crippen molar-refractivity contribution >= 4 is 27.5 Å². The maximum absolute atomic E-state index is 12.3. The summed E-state index contributed by atoms with van der Waals surface area (Å²) >= 11 is 3.44. The van der Waals surface area contributed by atoms with Crippen LogP contribution in [0.15, 0.2) is 22.7 Å². The number of nitrogens with two attached hydrogens (primary N) is 1. The van der Waals surface area contributed by atoms with Gasteiger partial charge >= 0.3 is 0 Å². The molecule has 0 aliphatic carbocycles. The van der Waals surface area contributed by atoms with Crippen LogP contribution in [-0.4, -0.2) is 25.2 Å². The van der Waals surface area contributed by atoms with Gasteiger partial charge in [0.05, 0.1) is 18.6 Å². The summed E-state index contributed by atoms with van der Waals surface area (Å²) in [5.41, 5.74) is 7.16. The highest BCUT2D eigenvalue weighted by Crippen LogP contribution is 2.29. The van der Waals surface area contributed by atoms with Gasteiger partial charge in [0.1, 0.15) is 0 Å².